The lowest BCUT2D eigenvalue weighted by Gasteiger charge is -2.13. The molecular formula is C44H28N2. The van der Waals surface area contributed by atoms with E-state index in [1.54, 1.807) is 0 Å². The van der Waals surface area contributed by atoms with Gasteiger partial charge in [0.15, 0.2) is 0 Å². The molecule has 214 valence electrons. The van der Waals surface area contributed by atoms with Gasteiger partial charge >= 0.3 is 0 Å². The second-order valence-corrected chi connectivity index (χ2v) is 11.8. The van der Waals surface area contributed by atoms with E-state index in [4.69, 9.17) is 6.85 Å². The van der Waals surface area contributed by atoms with Crippen molar-refractivity contribution in [3.8, 4) is 22.5 Å². The smallest absolute Gasteiger partial charge is 0.0645 e. The van der Waals surface area contributed by atoms with Gasteiger partial charge in [-0.1, -0.05) is 121 Å². The SMILES string of the molecule is [2H]c1c([2H])c([2H])c(-n2c3cc4c(cc3c3c5ccccc5ccc32)c2ccccc2n4-c2ccc3cccc(-c4ccccc4)c3c2)c([2H])c1[2H]. The van der Waals surface area contributed by atoms with Gasteiger partial charge in [0.1, 0.15) is 0 Å². The highest BCUT2D eigenvalue weighted by Crippen LogP contribution is 2.42. The van der Waals surface area contributed by atoms with Crippen LogP contribution in [0.3, 0.4) is 0 Å². The van der Waals surface area contributed by atoms with Crippen LogP contribution in [0.1, 0.15) is 6.85 Å². The maximum absolute atomic E-state index is 9.02. The molecule has 8 aromatic carbocycles. The molecule has 10 rings (SSSR count). The zero-order valence-electron chi connectivity index (χ0n) is 29.7. The van der Waals surface area contributed by atoms with Gasteiger partial charge in [-0.3, -0.25) is 0 Å². The first kappa shape index (κ1) is 20.8. The van der Waals surface area contributed by atoms with Crippen LogP contribution in [0, 0.1) is 0 Å². The van der Waals surface area contributed by atoms with E-state index in [1.165, 1.54) is 0 Å². The van der Waals surface area contributed by atoms with Gasteiger partial charge in [-0.2, -0.15) is 0 Å². The van der Waals surface area contributed by atoms with Crippen LogP contribution in [-0.4, -0.2) is 9.13 Å². The van der Waals surface area contributed by atoms with E-state index in [-0.39, 0.29) is 29.9 Å². The third kappa shape index (κ3) is 3.59. The Balaban J connectivity index is 1.37. The lowest BCUT2D eigenvalue weighted by molar-refractivity contribution is 1.17. The fraction of sp³-hybridized carbons (Fsp3) is 0. The number of fused-ring (bicyclic) bond motifs is 9. The van der Waals surface area contributed by atoms with Crippen LogP contribution in [0.25, 0.3) is 87.7 Å². The van der Waals surface area contributed by atoms with E-state index in [0.29, 0.717) is 0 Å². The van der Waals surface area contributed by atoms with E-state index >= 15 is 0 Å². The standard InChI is InChI=1S/C44H28N2/c1-3-12-29(13-4-1)34-20-11-15-31-22-24-33(26-37(31)34)46-40-21-10-9-19-36(40)38-27-39-43(28-42(38)46)45(32-16-5-2-6-17-32)41-25-23-30-14-7-8-18-35(30)44(39)41/h1-28H/i2D,5D,6D,16D,17D. The van der Waals surface area contributed by atoms with Crippen LogP contribution in [-0.2, 0) is 0 Å². The fourth-order valence-corrected chi connectivity index (χ4v) is 7.39. The zero-order valence-corrected chi connectivity index (χ0v) is 24.7. The normalized spacial score (nSPS) is 13.4. The van der Waals surface area contributed by atoms with Crippen molar-refractivity contribution in [3.05, 3.63) is 170 Å². The summed E-state index contributed by atoms with van der Waals surface area (Å²) < 4.78 is 47.6. The fourth-order valence-electron chi connectivity index (χ4n) is 7.39. The minimum Gasteiger partial charge on any atom is -0.309 e. The van der Waals surface area contributed by atoms with Gasteiger partial charge in [0, 0.05) is 32.9 Å². The van der Waals surface area contributed by atoms with E-state index in [9.17, 15) is 0 Å². The molecule has 46 heavy (non-hydrogen) atoms. The van der Waals surface area contributed by atoms with Crippen molar-refractivity contribution in [3.63, 3.8) is 0 Å². The largest absolute Gasteiger partial charge is 0.309 e. The molecule has 0 spiro atoms. The molecule has 0 aliphatic heterocycles. The Labute approximate surface area is 273 Å². The molecule has 2 nitrogen and oxygen atoms in total. The van der Waals surface area contributed by atoms with Gasteiger partial charge < -0.3 is 9.13 Å². The summed E-state index contributed by atoms with van der Waals surface area (Å²) in [6.07, 6.45) is 0. The highest BCUT2D eigenvalue weighted by molar-refractivity contribution is 6.25. The van der Waals surface area contributed by atoms with E-state index < -0.39 is 6.04 Å². The lowest BCUT2D eigenvalue weighted by Crippen LogP contribution is -1.96. The van der Waals surface area contributed by atoms with Crippen LogP contribution < -0.4 is 0 Å². The molecule has 2 aromatic heterocycles. The Bertz CT molecular complexity index is 3060. The zero-order chi connectivity index (χ0) is 34.5. The summed E-state index contributed by atoms with van der Waals surface area (Å²) in [4.78, 5) is 0. The molecular weight excluding hydrogens is 556 g/mol. The van der Waals surface area contributed by atoms with Crippen molar-refractivity contribution in [1.82, 2.24) is 9.13 Å². The van der Waals surface area contributed by atoms with Crippen LogP contribution in [0.5, 0.6) is 0 Å². The quantitative estimate of drug-likeness (QED) is 0.194. The van der Waals surface area contributed by atoms with Crippen molar-refractivity contribution in [2.45, 2.75) is 0 Å². The number of hydrogen-bond acceptors (Lipinski definition) is 0. The van der Waals surface area contributed by atoms with Gasteiger partial charge in [-0.15, -0.1) is 0 Å². The van der Waals surface area contributed by atoms with Crippen LogP contribution >= 0.6 is 0 Å². The van der Waals surface area contributed by atoms with Gasteiger partial charge in [0.05, 0.1) is 28.9 Å². The number of hydrogen-bond donors (Lipinski definition) is 0. The monoisotopic (exact) mass is 589 g/mol. The number of rotatable bonds is 3. The molecule has 0 aliphatic carbocycles. The second-order valence-electron chi connectivity index (χ2n) is 11.8. The summed E-state index contributed by atoms with van der Waals surface area (Å²) in [7, 11) is 0. The maximum atomic E-state index is 9.02. The minimum absolute atomic E-state index is 0.136. The number of para-hydroxylation sites is 2. The molecule has 0 bridgehead atoms. The van der Waals surface area contributed by atoms with E-state index in [1.807, 2.05) is 34.9 Å². The van der Waals surface area contributed by atoms with E-state index in [2.05, 4.69) is 114 Å². The van der Waals surface area contributed by atoms with Gasteiger partial charge in [0.25, 0.3) is 0 Å². The number of aromatic nitrogens is 2. The van der Waals surface area contributed by atoms with E-state index in [0.717, 1.165) is 82.0 Å². The van der Waals surface area contributed by atoms with Gasteiger partial charge in [-0.25, -0.2) is 0 Å². The van der Waals surface area contributed by atoms with Crippen LogP contribution in [0.4, 0.5) is 0 Å². The summed E-state index contributed by atoms with van der Waals surface area (Å²) >= 11 is 0. The molecule has 0 amide bonds. The van der Waals surface area contributed by atoms with Crippen molar-refractivity contribution in [2.75, 3.05) is 0 Å². The summed E-state index contributed by atoms with van der Waals surface area (Å²) in [5, 5.41) is 8.51. The van der Waals surface area contributed by atoms with Crippen molar-refractivity contribution in [2.24, 2.45) is 0 Å². The third-order valence-corrected chi connectivity index (χ3v) is 9.37. The molecule has 2 heteroatoms. The predicted molar refractivity (Wildman–Crippen MR) is 196 cm³/mol. The molecule has 0 saturated carbocycles. The highest BCUT2D eigenvalue weighted by Gasteiger charge is 2.20. The van der Waals surface area contributed by atoms with Crippen molar-refractivity contribution < 1.29 is 6.85 Å². The number of benzene rings is 8. The molecule has 2 heterocycles. The minimum atomic E-state index is -0.409. The first-order valence-corrected chi connectivity index (χ1v) is 15.5. The average Bonchev–Trinajstić information content (AvgIpc) is 3.67. The summed E-state index contributed by atoms with van der Waals surface area (Å²) in [6.45, 7) is 0. The second kappa shape index (κ2) is 9.69. The molecule has 0 unspecified atom stereocenters. The average molecular weight is 590 g/mol. The topological polar surface area (TPSA) is 9.86 Å². The summed E-state index contributed by atoms with van der Waals surface area (Å²) in [6, 6.07) is 46.9. The third-order valence-electron chi connectivity index (χ3n) is 9.37. The Hall–Kier alpha value is -6.12. The highest BCUT2D eigenvalue weighted by atomic mass is 15.0. The molecule has 0 N–H and O–H groups in total. The van der Waals surface area contributed by atoms with Gasteiger partial charge in [0.2, 0.25) is 0 Å². The Morgan fingerprint density at radius 1 is 0.391 bits per heavy atom. The first-order valence-electron chi connectivity index (χ1n) is 18.0. The van der Waals surface area contributed by atoms with Gasteiger partial charge in [-0.05, 0) is 81.2 Å². The van der Waals surface area contributed by atoms with Crippen molar-refractivity contribution in [1.29, 1.82) is 0 Å². The van der Waals surface area contributed by atoms with Crippen LogP contribution in [0.15, 0.2) is 170 Å². The lowest BCUT2D eigenvalue weighted by atomic mass is 9.98. The number of nitrogens with zero attached hydrogens (tertiary/aromatic N) is 2. The molecule has 0 fully saturated rings. The molecule has 0 radical (unpaired) electrons. The Kier molecular flexibility index (Phi) is 4.37. The molecule has 0 aliphatic rings. The summed E-state index contributed by atoms with van der Waals surface area (Å²) in [5.41, 5.74) is 7.02. The van der Waals surface area contributed by atoms with Crippen LogP contribution in [0.2, 0.25) is 0 Å². The molecule has 0 saturated heterocycles. The van der Waals surface area contributed by atoms with Crippen molar-refractivity contribution >= 4 is 65.2 Å². The predicted octanol–water partition coefficient (Wildman–Crippen LogP) is 11.9. The summed E-state index contributed by atoms with van der Waals surface area (Å²) in [5.74, 6) is 0. The first-order chi connectivity index (χ1) is 24.9. The maximum Gasteiger partial charge on any atom is 0.0645 e. The Morgan fingerprint density at radius 2 is 1.09 bits per heavy atom. The Morgan fingerprint density at radius 3 is 1.98 bits per heavy atom. The molecule has 10 aromatic rings. The molecule has 0 atom stereocenters.